The molecular weight excluding hydrogens is 308 g/mol. The number of ether oxygens (including phenoxy) is 2. The van der Waals surface area contributed by atoms with Crippen LogP contribution in [0.4, 0.5) is 10.5 Å². The van der Waals surface area contributed by atoms with Gasteiger partial charge in [-0.25, -0.2) is 4.79 Å². The summed E-state index contributed by atoms with van der Waals surface area (Å²) in [5.41, 5.74) is 1.44. The highest BCUT2D eigenvalue weighted by Gasteiger charge is 2.15. The van der Waals surface area contributed by atoms with Crippen molar-refractivity contribution in [3.05, 3.63) is 54.1 Å². The maximum absolute atomic E-state index is 12.2. The average molecular weight is 328 g/mol. The van der Waals surface area contributed by atoms with E-state index in [1.165, 1.54) is 0 Å². The molecule has 0 unspecified atom stereocenters. The SMILES string of the molecule is O=C(Nc1ccc2c(c1)OCCCO2)N[C@H](CO)c1ccccc1. The Balaban J connectivity index is 1.65. The van der Waals surface area contributed by atoms with Crippen LogP contribution in [0.15, 0.2) is 48.5 Å². The number of carbonyl (C=O) groups is 1. The Labute approximate surface area is 140 Å². The summed E-state index contributed by atoms with van der Waals surface area (Å²) in [6.45, 7) is 1.03. The van der Waals surface area contributed by atoms with Crippen molar-refractivity contribution < 1.29 is 19.4 Å². The van der Waals surface area contributed by atoms with Gasteiger partial charge in [0.15, 0.2) is 11.5 Å². The fraction of sp³-hybridized carbons (Fsp3) is 0.278. The molecule has 0 spiro atoms. The highest BCUT2D eigenvalue weighted by Crippen LogP contribution is 2.32. The average Bonchev–Trinajstić information content (AvgIpc) is 2.85. The lowest BCUT2D eigenvalue weighted by atomic mass is 10.1. The number of rotatable bonds is 4. The first-order valence-corrected chi connectivity index (χ1v) is 7.89. The molecule has 1 aliphatic rings. The van der Waals surface area contributed by atoms with Gasteiger partial charge >= 0.3 is 6.03 Å². The minimum absolute atomic E-state index is 0.182. The van der Waals surface area contributed by atoms with Crippen molar-refractivity contribution in [1.29, 1.82) is 0 Å². The van der Waals surface area contributed by atoms with Crippen LogP contribution in [-0.4, -0.2) is 31.0 Å². The molecule has 24 heavy (non-hydrogen) atoms. The molecule has 0 radical (unpaired) electrons. The number of aliphatic hydroxyl groups is 1. The van der Waals surface area contributed by atoms with Gasteiger partial charge in [-0.05, 0) is 17.7 Å². The third-order valence-electron chi connectivity index (χ3n) is 3.70. The molecule has 0 bridgehead atoms. The Kier molecular flexibility index (Phi) is 5.18. The fourth-order valence-corrected chi connectivity index (χ4v) is 2.49. The lowest BCUT2D eigenvalue weighted by Gasteiger charge is -2.17. The normalized spacial score (nSPS) is 14.4. The van der Waals surface area contributed by atoms with Crippen LogP contribution in [0.25, 0.3) is 0 Å². The van der Waals surface area contributed by atoms with Crippen LogP contribution in [0.3, 0.4) is 0 Å². The molecule has 6 heteroatoms. The van der Waals surface area contributed by atoms with E-state index in [4.69, 9.17) is 9.47 Å². The highest BCUT2D eigenvalue weighted by molar-refractivity contribution is 5.90. The molecular formula is C18H20N2O4. The standard InChI is InChI=1S/C18H20N2O4/c21-12-15(13-5-2-1-3-6-13)20-18(22)19-14-7-8-16-17(11-14)24-10-4-9-23-16/h1-3,5-8,11,15,21H,4,9-10,12H2,(H2,19,20,22)/t15-/m1/s1. The van der Waals surface area contributed by atoms with E-state index in [9.17, 15) is 9.90 Å². The van der Waals surface area contributed by atoms with Gasteiger partial charge in [-0.15, -0.1) is 0 Å². The number of fused-ring (bicyclic) bond motifs is 1. The Hall–Kier alpha value is -2.73. The maximum atomic E-state index is 12.2. The van der Waals surface area contributed by atoms with Crippen LogP contribution in [0.5, 0.6) is 11.5 Å². The molecule has 0 fully saturated rings. The molecule has 6 nitrogen and oxygen atoms in total. The first-order valence-electron chi connectivity index (χ1n) is 7.89. The topological polar surface area (TPSA) is 79.8 Å². The Morgan fingerprint density at radius 1 is 1.08 bits per heavy atom. The molecule has 3 rings (SSSR count). The second-order valence-corrected chi connectivity index (χ2v) is 5.46. The van der Waals surface area contributed by atoms with Crippen molar-refractivity contribution in [3.8, 4) is 11.5 Å². The zero-order valence-electron chi connectivity index (χ0n) is 13.2. The fourth-order valence-electron chi connectivity index (χ4n) is 2.49. The van der Waals surface area contributed by atoms with Gasteiger partial charge in [-0.2, -0.15) is 0 Å². The highest BCUT2D eigenvalue weighted by atomic mass is 16.5. The minimum Gasteiger partial charge on any atom is -0.490 e. The molecule has 2 aromatic rings. The number of hydrogen-bond acceptors (Lipinski definition) is 4. The van der Waals surface area contributed by atoms with Crippen LogP contribution < -0.4 is 20.1 Å². The van der Waals surface area contributed by atoms with Crippen LogP contribution in [-0.2, 0) is 0 Å². The first kappa shape index (κ1) is 16.1. The van der Waals surface area contributed by atoms with E-state index in [0.717, 1.165) is 12.0 Å². The summed E-state index contributed by atoms with van der Waals surface area (Å²) in [4.78, 5) is 12.2. The van der Waals surface area contributed by atoms with Crippen molar-refractivity contribution in [2.24, 2.45) is 0 Å². The zero-order chi connectivity index (χ0) is 16.8. The molecule has 1 heterocycles. The quantitative estimate of drug-likeness (QED) is 0.806. The summed E-state index contributed by atoms with van der Waals surface area (Å²) in [6, 6.07) is 13.7. The van der Waals surface area contributed by atoms with E-state index in [2.05, 4.69) is 10.6 Å². The summed E-state index contributed by atoms with van der Waals surface area (Å²) in [6.07, 6.45) is 0.827. The van der Waals surface area contributed by atoms with E-state index >= 15 is 0 Å². The van der Waals surface area contributed by atoms with Crippen molar-refractivity contribution >= 4 is 11.7 Å². The second-order valence-electron chi connectivity index (χ2n) is 5.46. The van der Waals surface area contributed by atoms with Gasteiger partial charge in [-0.3, -0.25) is 0 Å². The molecule has 1 atom stereocenters. The Morgan fingerprint density at radius 2 is 1.83 bits per heavy atom. The molecule has 2 aromatic carbocycles. The third kappa shape index (κ3) is 3.97. The number of nitrogens with one attached hydrogen (secondary N) is 2. The smallest absolute Gasteiger partial charge is 0.319 e. The van der Waals surface area contributed by atoms with Gasteiger partial charge in [0.25, 0.3) is 0 Å². The molecule has 1 aliphatic heterocycles. The monoisotopic (exact) mass is 328 g/mol. The summed E-state index contributed by atoms with van der Waals surface area (Å²) >= 11 is 0. The molecule has 3 N–H and O–H groups in total. The first-order chi connectivity index (χ1) is 11.8. The van der Waals surface area contributed by atoms with E-state index in [0.29, 0.717) is 30.4 Å². The Morgan fingerprint density at radius 3 is 2.58 bits per heavy atom. The number of carbonyl (C=O) groups excluding carboxylic acids is 1. The van der Waals surface area contributed by atoms with Gasteiger partial charge in [-0.1, -0.05) is 30.3 Å². The zero-order valence-corrected chi connectivity index (χ0v) is 13.2. The number of hydrogen-bond donors (Lipinski definition) is 3. The van der Waals surface area contributed by atoms with Crippen LogP contribution in [0, 0.1) is 0 Å². The van der Waals surface area contributed by atoms with Crippen molar-refractivity contribution in [1.82, 2.24) is 5.32 Å². The number of anilines is 1. The molecule has 0 aliphatic carbocycles. The van der Waals surface area contributed by atoms with E-state index in [-0.39, 0.29) is 6.61 Å². The van der Waals surface area contributed by atoms with Crippen LogP contribution in [0.1, 0.15) is 18.0 Å². The number of aliphatic hydroxyl groups excluding tert-OH is 1. The molecule has 0 saturated carbocycles. The van der Waals surface area contributed by atoms with Crippen molar-refractivity contribution in [3.63, 3.8) is 0 Å². The summed E-state index contributed by atoms with van der Waals surface area (Å²) < 4.78 is 11.2. The maximum Gasteiger partial charge on any atom is 0.319 e. The largest absolute Gasteiger partial charge is 0.490 e. The van der Waals surface area contributed by atoms with E-state index in [1.807, 2.05) is 30.3 Å². The Bertz CT molecular complexity index is 691. The third-order valence-corrected chi connectivity index (χ3v) is 3.70. The summed E-state index contributed by atoms with van der Waals surface area (Å²) in [5.74, 6) is 1.29. The second kappa shape index (κ2) is 7.70. The minimum atomic E-state index is -0.466. The molecule has 126 valence electrons. The lowest BCUT2D eigenvalue weighted by Crippen LogP contribution is -2.34. The molecule has 0 saturated heterocycles. The van der Waals surface area contributed by atoms with E-state index < -0.39 is 12.1 Å². The van der Waals surface area contributed by atoms with Gasteiger partial charge < -0.3 is 25.2 Å². The molecule has 2 amide bonds. The number of amides is 2. The lowest BCUT2D eigenvalue weighted by molar-refractivity contribution is 0.225. The van der Waals surface area contributed by atoms with Crippen LogP contribution in [0.2, 0.25) is 0 Å². The predicted octanol–water partition coefficient (Wildman–Crippen LogP) is 2.70. The van der Waals surface area contributed by atoms with Crippen LogP contribution >= 0.6 is 0 Å². The van der Waals surface area contributed by atoms with Crippen molar-refractivity contribution in [2.45, 2.75) is 12.5 Å². The van der Waals surface area contributed by atoms with E-state index in [1.54, 1.807) is 18.2 Å². The summed E-state index contributed by atoms with van der Waals surface area (Å²) in [7, 11) is 0. The van der Waals surface area contributed by atoms with Gasteiger partial charge in [0.05, 0.1) is 25.9 Å². The van der Waals surface area contributed by atoms with Gasteiger partial charge in [0, 0.05) is 18.2 Å². The summed E-state index contributed by atoms with van der Waals surface area (Å²) in [5, 5.41) is 15.0. The molecule has 0 aromatic heterocycles. The van der Waals surface area contributed by atoms with Crippen molar-refractivity contribution in [2.75, 3.05) is 25.1 Å². The number of benzene rings is 2. The van der Waals surface area contributed by atoms with Gasteiger partial charge in [0.2, 0.25) is 0 Å². The van der Waals surface area contributed by atoms with Gasteiger partial charge in [0.1, 0.15) is 0 Å². The predicted molar refractivity (Wildman–Crippen MR) is 90.5 cm³/mol. The number of urea groups is 1.